The first kappa shape index (κ1) is 12.3. The van der Waals surface area contributed by atoms with E-state index in [4.69, 9.17) is 21.1 Å². The predicted octanol–water partition coefficient (Wildman–Crippen LogP) is 0.880. The van der Waals surface area contributed by atoms with Gasteiger partial charge in [0, 0.05) is 12.7 Å². The van der Waals surface area contributed by atoms with Gasteiger partial charge in [0.15, 0.2) is 0 Å². The van der Waals surface area contributed by atoms with Gasteiger partial charge in [-0.1, -0.05) is 11.6 Å². The van der Waals surface area contributed by atoms with Crippen LogP contribution in [0.1, 0.15) is 10.5 Å². The lowest BCUT2D eigenvalue weighted by atomic mass is 10.3. The number of carbonyl (C=O) groups is 1. The van der Waals surface area contributed by atoms with Crippen molar-refractivity contribution in [3.8, 4) is 0 Å². The Morgan fingerprint density at radius 3 is 3.06 bits per heavy atom. The maximum atomic E-state index is 11.7. The highest BCUT2D eigenvalue weighted by Gasteiger charge is 2.16. The molecule has 1 atom stereocenters. The molecule has 0 spiro atoms. The smallest absolute Gasteiger partial charge is 0.269 e. The summed E-state index contributed by atoms with van der Waals surface area (Å²) in [5, 5.41) is 3.24. The molecule has 1 saturated heterocycles. The highest BCUT2D eigenvalue weighted by atomic mass is 35.5. The van der Waals surface area contributed by atoms with Gasteiger partial charge in [-0.15, -0.1) is 0 Å². The summed E-state index contributed by atoms with van der Waals surface area (Å²) in [4.78, 5) is 15.6. The van der Waals surface area contributed by atoms with Crippen LogP contribution in [-0.2, 0) is 9.47 Å². The number of hydrogen-bond acceptors (Lipinski definition) is 4. The summed E-state index contributed by atoms with van der Waals surface area (Å²) in [6.45, 7) is 2.11. The Morgan fingerprint density at radius 1 is 1.53 bits per heavy atom. The van der Waals surface area contributed by atoms with Crippen LogP contribution < -0.4 is 5.32 Å². The molecule has 5 nitrogen and oxygen atoms in total. The number of carbonyl (C=O) groups excluding carboxylic acids is 1. The Kier molecular flexibility index (Phi) is 4.30. The van der Waals surface area contributed by atoms with Crippen LogP contribution in [-0.4, -0.2) is 43.4 Å². The van der Waals surface area contributed by atoms with Crippen LogP contribution in [0.15, 0.2) is 18.3 Å². The highest BCUT2D eigenvalue weighted by molar-refractivity contribution is 6.30. The molecule has 0 aromatic carbocycles. The lowest BCUT2D eigenvalue weighted by Crippen LogP contribution is -2.39. The molecule has 1 unspecified atom stereocenters. The third-order valence-electron chi connectivity index (χ3n) is 2.34. The van der Waals surface area contributed by atoms with E-state index in [1.807, 2.05) is 0 Å². The second kappa shape index (κ2) is 5.95. The minimum Gasteiger partial charge on any atom is -0.376 e. The summed E-state index contributed by atoms with van der Waals surface area (Å²) < 4.78 is 10.6. The van der Waals surface area contributed by atoms with Gasteiger partial charge in [-0.2, -0.15) is 0 Å². The van der Waals surface area contributed by atoms with E-state index >= 15 is 0 Å². The van der Waals surface area contributed by atoms with Gasteiger partial charge in [0.2, 0.25) is 0 Å². The molecule has 17 heavy (non-hydrogen) atoms. The van der Waals surface area contributed by atoms with E-state index < -0.39 is 0 Å². The number of halogens is 1. The zero-order chi connectivity index (χ0) is 12.1. The van der Waals surface area contributed by atoms with Crippen molar-refractivity contribution in [1.82, 2.24) is 10.3 Å². The number of nitrogens with one attached hydrogen (secondary N) is 1. The van der Waals surface area contributed by atoms with Crippen molar-refractivity contribution in [3.05, 3.63) is 29.0 Å². The highest BCUT2D eigenvalue weighted by Crippen LogP contribution is 2.06. The van der Waals surface area contributed by atoms with Crippen molar-refractivity contribution >= 4 is 17.5 Å². The number of amides is 1. The monoisotopic (exact) mass is 256 g/mol. The molecule has 1 fully saturated rings. The molecule has 1 amide bonds. The molecule has 6 heteroatoms. The molecule has 0 radical (unpaired) electrons. The molecule has 2 rings (SSSR count). The van der Waals surface area contributed by atoms with E-state index in [9.17, 15) is 4.79 Å². The van der Waals surface area contributed by atoms with Crippen LogP contribution in [0.5, 0.6) is 0 Å². The van der Waals surface area contributed by atoms with Crippen LogP contribution in [0.25, 0.3) is 0 Å². The molecule has 0 bridgehead atoms. The number of aromatic nitrogens is 1. The van der Waals surface area contributed by atoms with Gasteiger partial charge in [0.25, 0.3) is 5.91 Å². The van der Waals surface area contributed by atoms with Crippen molar-refractivity contribution < 1.29 is 14.3 Å². The summed E-state index contributed by atoms with van der Waals surface area (Å²) in [6.07, 6.45) is 1.36. The largest absolute Gasteiger partial charge is 0.376 e. The summed E-state index contributed by atoms with van der Waals surface area (Å²) >= 11 is 5.68. The normalized spacial score (nSPS) is 19.9. The standard InChI is InChI=1S/C11H13ClN2O3/c12-8-1-2-10(13-5-8)11(15)14-6-9-7-16-3-4-17-9/h1-2,5,9H,3-4,6-7H2,(H,14,15). The lowest BCUT2D eigenvalue weighted by Gasteiger charge is -2.22. The van der Waals surface area contributed by atoms with Gasteiger partial charge in [0.05, 0.1) is 30.9 Å². The van der Waals surface area contributed by atoms with Gasteiger partial charge in [-0.25, -0.2) is 4.98 Å². The second-order valence-corrected chi connectivity index (χ2v) is 4.08. The lowest BCUT2D eigenvalue weighted by molar-refractivity contribution is -0.0855. The molecule has 1 N–H and O–H groups in total. The third kappa shape index (κ3) is 3.66. The average molecular weight is 257 g/mol. The minimum absolute atomic E-state index is 0.0833. The van der Waals surface area contributed by atoms with Crippen LogP contribution >= 0.6 is 11.6 Å². The number of nitrogens with zero attached hydrogens (tertiary/aromatic N) is 1. The van der Waals surface area contributed by atoms with E-state index in [2.05, 4.69) is 10.3 Å². The van der Waals surface area contributed by atoms with Crippen molar-refractivity contribution in [2.45, 2.75) is 6.10 Å². The predicted molar refractivity (Wildman–Crippen MR) is 62.1 cm³/mol. The van der Waals surface area contributed by atoms with Crippen molar-refractivity contribution in [3.63, 3.8) is 0 Å². The number of hydrogen-bond donors (Lipinski definition) is 1. The van der Waals surface area contributed by atoms with E-state index in [-0.39, 0.29) is 12.0 Å². The van der Waals surface area contributed by atoms with Crippen LogP contribution in [0.2, 0.25) is 5.02 Å². The molecule has 1 aromatic rings. The molecule has 0 saturated carbocycles. The van der Waals surface area contributed by atoms with E-state index in [1.165, 1.54) is 6.20 Å². The zero-order valence-electron chi connectivity index (χ0n) is 9.19. The van der Waals surface area contributed by atoms with Gasteiger partial charge >= 0.3 is 0 Å². The third-order valence-corrected chi connectivity index (χ3v) is 2.56. The Hall–Kier alpha value is -1.17. The van der Waals surface area contributed by atoms with Gasteiger partial charge < -0.3 is 14.8 Å². The molecular formula is C11H13ClN2O3. The number of rotatable bonds is 3. The fourth-order valence-electron chi connectivity index (χ4n) is 1.46. The Labute approximate surface area is 104 Å². The summed E-state index contributed by atoms with van der Waals surface area (Å²) in [7, 11) is 0. The van der Waals surface area contributed by atoms with E-state index in [1.54, 1.807) is 12.1 Å². The van der Waals surface area contributed by atoms with Gasteiger partial charge in [-0.3, -0.25) is 4.79 Å². The average Bonchev–Trinajstić information content (AvgIpc) is 2.38. The fourth-order valence-corrected chi connectivity index (χ4v) is 1.57. The van der Waals surface area contributed by atoms with E-state index in [0.717, 1.165) is 0 Å². The topological polar surface area (TPSA) is 60.5 Å². The Bertz CT molecular complexity index is 377. The summed E-state index contributed by atoms with van der Waals surface area (Å²) in [5.74, 6) is -0.240. The maximum Gasteiger partial charge on any atom is 0.269 e. The van der Waals surface area contributed by atoms with E-state index in [0.29, 0.717) is 37.1 Å². The Morgan fingerprint density at radius 2 is 2.41 bits per heavy atom. The molecule has 1 aliphatic rings. The summed E-state index contributed by atoms with van der Waals surface area (Å²) in [5.41, 5.74) is 0.339. The minimum atomic E-state index is -0.240. The number of pyridine rings is 1. The number of ether oxygens (including phenoxy) is 2. The first-order valence-corrected chi connectivity index (χ1v) is 5.72. The zero-order valence-corrected chi connectivity index (χ0v) is 9.94. The Balaban J connectivity index is 1.82. The van der Waals surface area contributed by atoms with Crippen molar-refractivity contribution in [1.29, 1.82) is 0 Å². The maximum absolute atomic E-state index is 11.7. The summed E-state index contributed by atoms with van der Waals surface area (Å²) in [6, 6.07) is 3.21. The SMILES string of the molecule is O=C(NCC1COCCO1)c1ccc(Cl)cn1. The first-order valence-electron chi connectivity index (χ1n) is 5.35. The molecule has 0 aliphatic carbocycles. The van der Waals surface area contributed by atoms with Crippen LogP contribution in [0.4, 0.5) is 0 Å². The molecule has 1 aromatic heterocycles. The van der Waals surface area contributed by atoms with Gasteiger partial charge in [0.1, 0.15) is 5.69 Å². The van der Waals surface area contributed by atoms with Crippen LogP contribution in [0.3, 0.4) is 0 Å². The van der Waals surface area contributed by atoms with Gasteiger partial charge in [-0.05, 0) is 12.1 Å². The molecule has 2 heterocycles. The molecule has 1 aliphatic heterocycles. The molecular weight excluding hydrogens is 244 g/mol. The van der Waals surface area contributed by atoms with Crippen molar-refractivity contribution in [2.24, 2.45) is 0 Å². The van der Waals surface area contributed by atoms with Crippen molar-refractivity contribution in [2.75, 3.05) is 26.4 Å². The molecule has 92 valence electrons. The first-order chi connectivity index (χ1) is 8.25. The van der Waals surface area contributed by atoms with Crippen LogP contribution in [0, 0.1) is 0 Å². The second-order valence-electron chi connectivity index (χ2n) is 3.64. The quantitative estimate of drug-likeness (QED) is 0.872. The fraction of sp³-hybridized carbons (Fsp3) is 0.455.